The van der Waals surface area contributed by atoms with Crippen LogP contribution in [0.5, 0.6) is 0 Å². The van der Waals surface area contributed by atoms with Gasteiger partial charge in [0, 0.05) is 13.1 Å². The summed E-state index contributed by atoms with van der Waals surface area (Å²) in [7, 11) is 0. The van der Waals surface area contributed by atoms with Crippen LogP contribution in [0.3, 0.4) is 0 Å². The zero-order valence-electron chi connectivity index (χ0n) is 11.2. The van der Waals surface area contributed by atoms with Gasteiger partial charge in [0.1, 0.15) is 12.6 Å². The Labute approximate surface area is 107 Å². The second-order valence-corrected chi connectivity index (χ2v) is 5.11. The highest BCUT2D eigenvalue weighted by Gasteiger charge is 2.33. The lowest BCUT2D eigenvalue weighted by atomic mass is 9.99. The number of hydrogen-bond donors (Lipinski definition) is 3. The molecule has 0 aromatic carbocycles. The molecule has 1 amide bonds. The number of aliphatic carboxylic acids is 1. The first-order chi connectivity index (χ1) is 8.38. The van der Waals surface area contributed by atoms with E-state index in [0.29, 0.717) is 19.5 Å². The summed E-state index contributed by atoms with van der Waals surface area (Å²) in [6.45, 7) is 6.95. The minimum Gasteiger partial charge on any atom is -0.480 e. The van der Waals surface area contributed by atoms with Gasteiger partial charge in [0.05, 0.1) is 5.60 Å². The van der Waals surface area contributed by atoms with E-state index in [0.717, 1.165) is 0 Å². The van der Waals surface area contributed by atoms with Crippen LogP contribution in [0.25, 0.3) is 0 Å². The van der Waals surface area contributed by atoms with Crippen LogP contribution in [-0.4, -0.2) is 48.3 Å². The van der Waals surface area contributed by atoms with Crippen LogP contribution < -0.4 is 10.6 Å². The van der Waals surface area contributed by atoms with E-state index in [1.807, 2.05) is 13.8 Å². The summed E-state index contributed by atoms with van der Waals surface area (Å²) in [6, 6.07) is -0.849. The van der Waals surface area contributed by atoms with E-state index in [1.54, 1.807) is 6.92 Å². The Hall–Kier alpha value is -1.14. The van der Waals surface area contributed by atoms with Crippen molar-refractivity contribution in [1.82, 2.24) is 10.6 Å². The number of carbonyl (C=O) groups excluding carboxylic acids is 1. The molecular formula is C12H22N2O4. The Bertz CT molecular complexity index is 315. The van der Waals surface area contributed by atoms with Crippen LogP contribution in [-0.2, 0) is 14.3 Å². The van der Waals surface area contributed by atoms with Crippen molar-refractivity contribution in [3.05, 3.63) is 0 Å². The largest absolute Gasteiger partial charge is 0.480 e. The number of nitrogens with one attached hydrogen (secondary N) is 2. The molecule has 1 aliphatic rings. The van der Waals surface area contributed by atoms with E-state index in [2.05, 4.69) is 10.6 Å². The Balaban J connectivity index is 2.39. The normalized spacial score (nSPS) is 20.6. The Morgan fingerprint density at radius 2 is 2.11 bits per heavy atom. The Morgan fingerprint density at radius 1 is 1.50 bits per heavy atom. The summed E-state index contributed by atoms with van der Waals surface area (Å²) < 4.78 is 5.45. The molecule has 0 saturated carbocycles. The smallest absolute Gasteiger partial charge is 0.326 e. The van der Waals surface area contributed by atoms with Gasteiger partial charge in [-0.25, -0.2) is 4.79 Å². The fourth-order valence-corrected chi connectivity index (χ4v) is 1.72. The van der Waals surface area contributed by atoms with E-state index in [9.17, 15) is 9.59 Å². The van der Waals surface area contributed by atoms with Gasteiger partial charge in [-0.2, -0.15) is 0 Å². The van der Waals surface area contributed by atoms with Gasteiger partial charge in [0.2, 0.25) is 5.91 Å². The molecule has 0 aliphatic carbocycles. The summed E-state index contributed by atoms with van der Waals surface area (Å²) in [6.07, 6.45) is 0.694. The van der Waals surface area contributed by atoms with Crippen LogP contribution >= 0.6 is 0 Å². The highest BCUT2D eigenvalue weighted by molar-refractivity contribution is 5.84. The van der Waals surface area contributed by atoms with Crippen molar-refractivity contribution in [2.45, 2.75) is 38.8 Å². The second kappa shape index (κ2) is 6.15. The lowest BCUT2D eigenvalue weighted by Crippen LogP contribution is -2.60. The van der Waals surface area contributed by atoms with Crippen molar-refractivity contribution < 1.29 is 19.4 Å². The molecule has 0 aromatic heterocycles. The van der Waals surface area contributed by atoms with Gasteiger partial charge in [-0.05, 0) is 12.8 Å². The third kappa shape index (κ3) is 3.96. The average molecular weight is 258 g/mol. The molecule has 6 nitrogen and oxygen atoms in total. The molecule has 1 rings (SSSR count). The van der Waals surface area contributed by atoms with Crippen molar-refractivity contribution in [3.63, 3.8) is 0 Å². The SMILES string of the molecule is CCC(C)C(NC(=O)COC1(C)CNC1)C(=O)O. The molecule has 104 valence electrons. The molecule has 1 heterocycles. The number of amides is 1. The van der Waals surface area contributed by atoms with E-state index >= 15 is 0 Å². The van der Waals surface area contributed by atoms with Crippen LogP contribution in [0.1, 0.15) is 27.2 Å². The highest BCUT2D eigenvalue weighted by Crippen LogP contribution is 2.15. The predicted octanol–water partition coefficient (Wildman–Crippen LogP) is -0.0196. The van der Waals surface area contributed by atoms with Gasteiger partial charge in [-0.15, -0.1) is 0 Å². The third-order valence-corrected chi connectivity index (χ3v) is 3.35. The first-order valence-electron chi connectivity index (χ1n) is 6.25. The minimum atomic E-state index is -1.01. The van der Waals surface area contributed by atoms with Gasteiger partial charge in [-0.1, -0.05) is 20.3 Å². The maximum Gasteiger partial charge on any atom is 0.326 e. The van der Waals surface area contributed by atoms with Gasteiger partial charge >= 0.3 is 5.97 Å². The quantitative estimate of drug-likeness (QED) is 0.597. The standard InChI is InChI=1S/C12H22N2O4/c1-4-8(2)10(11(16)17)14-9(15)5-18-12(3)6-13-7-12/h8,10,13H,4-7H2,1-3H3,(H,14,15)(H,16,17). The van der Waals surface area contributed by atoms with Crippen molar-refractivity contribution in [2.75, 3.05) is 19.7 Å². The lowest BCUT2D eigenvalue weighted by Gasteiger charge is -2.38. The van der Waals surface area contributed by atoms with E-state index in [-0.39, 0.29) is 24.0 Å². The molecule has 1 saturated heterocycles. The number of carbonyl (C=O) groups is 2. The van der Waals surface area contributed by atoms with Crippen LogP contribution in [0.15, 0.2) is 0 Å². The molecule has 0 radical (unpaired) electrons. The van der Waals surface area contributed by atoms with Gasteiger partial charge in [-0.3, -0.25) is 4.79 Å². The molecule has 0 spiro atoms. The molecule has 0 bridgehead atoms. The molecule has 1 aliphatic heterocycles. The van der Waals surface area contributed by atoms with Crippen molar-refractivity contribution >= 4 is 11.9 Å². The van der Waals surface area contributed by atoms with Crippen LogP contribution in [0.4, 0.5) is 0 Å². The minimum absolute atomic E-state index is 0.0988. The molecule has 2 atom stereocenters. The molecule has 3 N–H and O–H groups in total. The van der Waals surface area contributed by atoms with Crippen molar-refractivity contribution in [2.24, 2.45) is 5.92 Å². The van der Waals surface area contributed by atoms with Crippen molar-refractivity contribution in [3.8, 4) is 0 Å². The number of rotatable bonds is 7. The lowest BCUT2D eigenvalue weighted by molar-refractivity contribution is -0.146. The molecule has 1 fully saturated rings. The predicted molar refractivity (Wildman–Crippen MR) is 66.2 cm³/mol. The van der Waals surface area contributed by atoms with E-state index in [4.69, 9.17) is 9.84 Å². The summed E-state index contributed by atoms with van der Waals surface area (Å²) in [5, 5.41) is 14.6. The first-order valence-corrected chi connectivity index (χ1v) is 6.25. The maximum atomic E-state index is 11.6. The zero-order chi connectivity index (χ0) is 13.8. The first kappa shape index (κ1) is 14.9. The Morgan fingerprint density at radius 3 is 2.50 bits per heavy atom. The fourth-order valence-electron chi connectivity index (χ4n) is 1.72. The summed E-state index contributed by atoms with van der Waals surface area (Å²) in [4.78, 5) is 22.7. The molecule has 0 aromatic rings. The van der Waals surface area contributed by atoms with Crippen LogP contribution in [0, 0.1) is 5.92 Å². The number of hydrogen-bond acceptors (Lipinski definition) is 4. The molecule has 6 heteroatoms. The van der Waals surface area contributed by atoms with Gasteiger partial charge < -0.3 is 20.5 Å². The average Bonchev–Trinajstić information content (AvgIpc) is 2.29. The second-order valence-electron chi connectivity index (χ2n) is 5.11. The molecular weight excluding hydrogens is 236 g/mol. The Kier molecular flexibility index (Phi) is 5.10. The van der Waals surface area contributed by atoms with Crippen molar-refractivity contribution in [1.29, 1.82) is 0 Å². The van der Waals surface area contributed by atoms with Crippen LogP contribution in [0.2, 0.25) is 0 Å². The maximum absolute atomic E-state index is 11.6. The number of carboxylic acid groups (broad SMARTS) is 1. The molecule has 2 unspecified atom stereocenters. The molecule has 18 heavy (non-hydrogen) atoms. The summed E-state index contributed by atoms with van der Waals surface area (Å²) in [5.74, 6) is -1.49. The van der Waals surface area contributed by atoms with E-state index in [1.165, 1.54) is 0 Å². The number of carboxylic acids is 1. The number of ether oxygens (including phenoxy) is 1. The topological polar surface area (TPSA) is 87.7 Å². The third-order valence-electron chi connectivity index (χ3n) is 3.35. The zero-order valence-corrected chi connectivity index (χ0v) is 11.2. The fraction of sp³-hybridized carbons (Fsp3) is 0.833. The highest BCUT2D eigenvalue weighted by atomic mass is 16.5. The monoisotopic (exact) mass is 258 g/mol. The summed E-state index contributed by atoms with van der Waals surface area (Å²) in [5.41, 5.74) is -0.299. The van der Waals surface area contributed by atoms with Gasteiger partial charge in [0.25, 0.3) is 0 Å². The van der Waals surface area contributed by atoms with E-state index < -0.39 is 12.0 Å². The summed E-state index contributed by atoms with van der Waals surface area (Å²) >= 11 is 0. The van der Waals surface area contributed by atoms with Gasteiger partial charge in [0.15, 0.2) is 0 Å².